The Morgan fingerprint density at radius 2 is 1.71 bits per heavy atom. The van der Waals surface area contributed by atoms with Crippen molar-refractivity contribution in [3.05, 3.63) is 65.7 Å². The Kier molecular flexibility index (Phi) is 5.37. The molecule has 0 bridgehead atoms. The second-order valence-corrected chi connectivity index (χ2v) is 5.22. The zero-order valence-corrected chi connectivity index (χ0v) is 12.7. The largest absolute Gasteiger partial charge is 0.493 e. The van der Waals surface area contributed by atoms with Crippen LogP contribution in [0.3, 0.4) is 0 Å². The van der Waals surface area contributed by atoms with Crippen LogP contribution in [0, 0.1) is 6.92 Å². The number of nitrogens with one attached hydrogen (secondary N) is 1. The zero-order valence-electron chi connectivity index (χ0n) is 12.7. The normalized spacial score (nSPS) is 13.7. The van der Waals surface area contributed by atoms with E-state index in [1.165, 1.54) is 0 Å². The van der Waals surface area contributed by atoms with Crippen LogP contribution in [-0.4, -0.2) is 25.4 Å². The second-order valence-electron chi connectivity index (χ2n) is 5.22. The second kappa shape index (κ2) is 7.25. The molecule has 0 aliphatic heterocycles. The maximum Gasteiger partial charge on any atom is 0.122 e. The summed E-state index contributed by atoms with van der Waals surface area (Å²) in [6, 6.07) is 18.0. The molecule has 0 aromatic heterocycles. The highest BCUT2D eigenvalue weighted by Gasteiger charge is 2.29. The highest BCUT2D eigenvalue weighted by molar-refractivity contribution is 5.32. The van der Waals surface area contributed by atoms with Gasteiger partial charge in [0.05, 0.1) is 18.8 Å². The van der Waals surface area contributed by atoms with E-state index in [9.17, 15) is 5.11 Å². The quantitative estimate of drug-likeness (QED) is 0.822. The topological polar surface area (TPSA) is 41.5 Å². The van der Waals surface area contributed by atoms with Gasteiger partial charge in [0.15, 0.2) is 0 Å². The van der Waals surface area contributed by atoms with E-state index in [-0.39, 0.29) is 6.61 Å². The molecule has 3 nitrogen and oxygen atoms in total. The Morgan fingerprint density at radius 3 is 2.33 bits per heavy atom. The summed E-state index contributed by atoms with van der Waals surface area (Å²) in [5.74, 6) is 0.897. The van der Waals surface area contributed by atoms with Gasteiger partial charge < -0.3 is 15.2 Å². The van der Waals surface area contributed by atoms with E-state index >= 15 is 0 Å². The summed E-state index contributed by atoms with van der Waals surface area (Å²) < 4.78 is 5.87. The van der Waals surface area contributed by atoms with E-state index in [1.54, 1.807) is 0 Å². The monoisotopic (exact) mass is 285 g/mol. The molecule has 0 spiro atoms. The van der Waals surface area contributed by atoms with Crippen molar-refractivity contribution in [2.45, 2.75) is 18.9 Å². The minimum atomic E-state index is -0.468. The molecule has 1 unspecified atom stereocenters. The van der Waals surface area contributed by atoms with E-state index < -0.39 is 5.54 Å². The van der Waals surface area contributed by atoms with E-state index in [0.717, 1.165) is 16.9 Å². The predicted molar refractivity (Wildman–Crippen MR) is 85.6 cm³/mol. The van der Waals surface area contributed by atoms with Crippen LogP contribution >= 0.6 is 0 Å². The lowest BCUT2D eigenvalue weighted by Gasteiger charge is -2.32. The van der Waals surface area contributed by atoms with Crippen molar-refractivity contribution < 1.29 is 9.84 Å². The van der Waals surface area contributed by atoms with Crippen molar-refractivity contribution in [2.24, 2.45) is 0 Å². The standard InChI is InChI=1S/C18H23NO2/c1-15-8-6-7-11-17(15)21-13-12-18(14-20,19-2)16-9-4-3-5-10-16/h3-11,19-20H,12-14H2,1-2H3. The average Bonchev–Trinajstić information content (AvgIpc) is 2.54. The number of hydrogen-bond donors (Lipinski definition) is 2. The van der Waals surface area contributed by atoms with Gasteiger partial charge in [-0.15, -0.1) is 0 Å². The first kappa shape index (κ1) is 15.5. The lowest BCUT2D eigenvalue weighted by Crippen LogP contribution is -2.44. The molecule has 0 fully saturated rings. The molecular weight excluding hydrogens is 262 g/mol. The van der Waals surface area contributed by atoms with Crippen LogP contribution in [-0.2, 0) is 5.54 Å². The molecule has 0 saturated heterocycles. The van der Waals surface area contributed by atoms with Crippen LogP contribution in [0.4, 0.5) is 0 Å². The van der Waals surface area contributed by atoms with E-state index in [0.29, 0.717) is 13.0 Å². The number of likely N-dealkylation sites (N-methyl/N-ethyl adjacent to an activating group) is 1. The Hall–Kier alpha value is -1.84. The van der Waals surface area contributed by atoms with Crippen molar-refractivity contribution in [1.82, 2.24) is 5.32 Å². The fourth-order valence-electron chi connectivity index (χ4n) is 2.47. The average molecular weight is 285 g/mol. The molecule has 0 aliphatic carbocycles. The Morgan fingerprint density at radius 1 is 1.05 bits per heavy atom. The van der Waals surface area contributed by atoms with Crippen LogP contribution in [0.1, 0.15) is 17.5 Å². The molecule has 0 aliphatic rings. The number of rotatable bonds is 7. The van der Waals surface area contributed by atoms with Gasteiger partial charge >= 0.3 is 0 Å². The first-order valence-corrected chi connectivity index (χ1v) is 7.25. The summed E-state index contributed by atoms with van der Waals surface area (Å²) in [4.78, 5) is 0. The molecule has 3 heteroatoms. The van der Waals surface area contributed by atoms with Gasteiger partial charge in [0.2, 0.25) is 0 Å². The molecule has 112 valence electrons. The highest BCUT2D eigenvalue weighted by Crippen LogP contribution is 2.25. The Labute approximate surface area is 126 Å². The first-order chi connectivity index (χ1) is 10.2. The van der Waals surface area contributed by atoms with E-state index in [1.807, 2.05) is 68.6 Å². The van der Waals surface area contributed by atoms with Gasteiger partial charge in [-0.2, -0.15) is 0 Å². The number of ether oxygens (including phenoxy) is 1. The smallest absolute Gasteiger partial charge is 0.122 e. The molecule has 21 heavy (non-hydrogen) atoms. The number of aliphatic hydroxyl groups is 1. The van der Waals surface area contributed by atoms with Gasteiger partial charge in [-0.25, -0.2) is 0 Å². The molecule has 1 atom stereocenters. The molecule has 0 amide bonds. The lowest BCUT2D eigenvalue weighted by molar-refractivity contribution is 0.137. The van der Waals surface area contributed by atoms with Crippen LogP contribution in [0.5, 0.6) is 5.75 Å². The SMILES string of the molecule is CNC(CO)(CCOc1ccccc1C)c1ccccc1. The molecule has 2 aromatic carbocycles. The Bertz CT molecular complexity index is 550. The maximum atomic E-state index is 9.86. The molecule has 2 rings (SSSR count). The van der Waals surface area contributed by atoms with Crippen molar-refractivity contribution >= 4 is 0 Å². The molecule has 0 radical (unpaired) electrons. The van der Waals surface area contributed by atoms with Crippen molar-refractivity contribution in [3.63, 3.8) is 0 Å². The lowest BCUT2D eigenvalue weighted by atomic mass is 9.88. The van der Waals surface area contributed by atoms with Crippen LogP contribution in [0.15, 0.2) is 54.6 Å². The van der Waals surface area contributed by atoms with Crippen LogP contribution < -0.4 is 10.1 Å². The van der Waals surface area contributed by atoms with E-state index in [2.05, 4.69) is 5.32 Å². The third-order valence-corrected chi connectivity index (χ3v) is 3.95. The third kappa shape index (κ3) is 3.63. The van der Waals surface area contributed by atoms with Gasteiger partial charge in [-0.1, -0.05) is 48.5 Å². The Balaban J connectivity index is 2.06. The minimum Gasteiger partial charge on any atom is -0.493 e. The summed E-state index contributed by atoms with van der Waals surface area (Å²) >= 11 is 0. The summed E-state index contributed by atoms with van der Waals surface area (Å²) in [7, 11) is 1.87. The summed E-state index contributed by atoms with van der Waals surface area (Å²) in [5.41, 5.74) is 1.73. The minimum absolute atomic E-state index is 0.0324. The molecule has 0 heterocycles. The number of hydrogen-bond acceptors (Lipinski definition) is 3. The van der Waals surface area contributed by atoms with Gasteiger partial charge in [-0.05, 0) is 31.2 Å². The van der Waals surface area contributed by atoms with Crippen molar-refractivity contribution in [2.75, 3.05) is 20.3 Å². The molecule has 2 N–H and O–H groups in total. The zero-order chi connectivity index (χ0) is 15.1. The number of benzene rings is 2. The maximum absolute atomic E-state index is 9.86. The molecule has 2 aromatic rings. The van der Waals surface area contributed by atoms with Gasteiger partial charge in [0.25, 0.3) is 0 Å². The van der Waals surface area contributed by atoms with Gasteiger partial charge in [-0.3, -0.25) is 0 Å². The number of aliphatic hydroxyl groups excluding tert-OH is 1. The molecule has 0 saturated carbocycles. The first-order valence-electron chi connectivity index (χ1n) is 7.25. The van der Waals surface area contributed by atoms with Crippen molar-refractivity contribution in [3.8, 4) is 5.75 Å². The molecular formula is C18H23NO2. The third-order valence-electron chi connectivity index (χ3n) is 3.95. The summed E-state index contributed by atoms with van der Waals surface area (Å²) in [6.07, 6.45) is 0.693. The van der Waals surface area contributed by atoms with Crippen LogP contribution in [0.25, 0.3) is 0 Å². The highest BCUT2D eigenvalue weighted by atomic mass is 16.5. The predicted octanol–water partition coefficient (Wildman–Crippen LogP) is 2.87. The summed E-state index contributed by atoms with van der Waals surface area (Å²) in [6.45, 7) is 2.61. The van der Waals surface area contributed by atoms with Crippen LogP contribution in [0.2, 0.25) is 0 Å². The van der Waals surface area contributed by atoms with E-state index in [4.69, 9.17) is 4.74 Å². The number of aryl methyl sites for hydroxylation is 1. The van der Waals surface area contributed by atoms with Gasteiger partial charge in [0, 0.05) is 6.42 Å². The summed E-state index contributed by atoms with van der Waals surface area (Å²) in [5, 5.41) is 13.1. The number of para-hydroxylation sites is 1. The fourth-order valence-corrected chi connectivity index (χ4v) is 2.47. The van der Waals surface area contributed by atoms with Gasteiger partial charge in [0.1, 0.15) is 5.75 Å². The fraction of sp³-hybridized carbons (Fsp3) is 0.333. The van der Waals surface area contributed by atoms with Crippen molar-refractivity contribution in [1.29, 1.82) is 0 Å².